The van der Waals surface area contributed by atoms with Crippen LogP contribution in [0, 0.1) is 0 Å². The summed E-state index contributed by atoms with van der Waals surface area (Å²) in [7, 11) is 1.57. The van der Waals surface area contributed by atoms with Gasteiger partial charge in [-0.3, -0.25) is 9.59 Å². The summed E-state index contributed by atoms with van der Waals surface area (Å²) < 4.78 is 5.56. The first kappa shape index (κ1) is 16.3. The number of rotatable bonds is 6. The smallest absolute Gasteiger partial charge is 0.242 e. The van der Waals surface area contributed by atoms with Crippen LogP contribution in [-0.4, -0.2) is 49.0 Å². The molecule has 1 fully saturated rings. The van der Waals surface area contributed by atoms with Crippen molar-refractivity contribution in [3.63, 3.8) is 0 Å². The fourth-order valence-electron chi connectivity index (χ4n) is 2.63. The van der Waals surface area contributed by atoms with Crippen molar-refractivity contribution in [3.05, 3.63) is 30.3 Å². The third-order valence-electron chi connectivity index (χ3n) is 3.75. The minimum atomic E-state index is -0.442. The van der Waals surface area contributed by atoms with E-state index in [1.54, 1.807) is 11.9 Å². The molecule has 0 radical (unpaired) electrons. The molecular weight excluding hydrogens is 282 g/mol. The Hall–Kier alpha value is -2.08. The van der Waals surface area contributed by atoms with Crippen molar-refractivity contribution >= 4 is 11.8 Å². The van der Waals surface area contributed by atoms with Crippen LogP contribution in [-0.2, 0) is 9.59 Å². The highest BCUT2D eigenvalue weighted by Gasteiger charge is 2.37. The minimum absolute atomic E-state index is 0.0433. The minimum Gasteiger partial charge on any atom is -0.494 e. The van der Waals surface area contributed by atoms with Crippen molar-refractivity contribution in [2.45, 2.75) is 31.3 Å². The highest BCUT2D eigenvalue weighted by Crippen LogP contribution is 2.18. The van der Waals surface area contributed by atoms with Gasteiger partial charge in [-0.25, -0.2) is 0 Å². The van der Waals surface area contributed by atoms with E-state index in [-0.39, 0.29) is 17.9 Å². The highest BCUT2D eigenvalue weighted by atomic mass is 16.5. The molecule has 0 aromatic heterocycles. The van der Waals surface area contributed by atoms with Gasteiger partial charge in [0.2, 0.25) is 11.8 Å². The highest BCUT2D eigenvalue weighted by molar-refractivity contribution is 5.88. The van der Waals surface area contributed by atoms with Crippen molar-refractivity contribution in [1.29, 1.82) is 0 Å². The average Bonchev–Trinajstić information content (AvgIpc) is 2.93. The standard InChI is InChI=1S/C16H23N3O3/c1-18-16(21)14-10-12(17)11-19(14)15(20)8-5-9-22-13-6-3-2-4-7-13/h2-4,6-7,12,14H,5,8-11,17H2,1H3,(H,18,21)/t12-,14-/m0/s1. The lowest BCUT2D eigenvalue weighted by molar-refractivity contribution is -0.138. The number of likely N-dealkylation sites (tertiary alicyclic amines) is 1. The Labute approximate surface area is 130 Å². The van der Waals surface area contributed by atoms with Crippen LogP contribution in [0.4, 0.5) is 0 Å². The SMILES string of the molecule is CNC(=O)[C@@H]1C[C@H](N)CN1C(=O)CCCOc1ccccc1. The molecule has 1 aliphatic rings. The molecule has 0 spiro atoms. The van der Waals surface area contributed by atoms with Gasteiger partial charge in [0.15, 0.2) is 0 Å². The monoisotopic (exact) mass is 305 g/mol. The van der Waals surface area contributed by atoms with Gasteiger partial charge in [0, 0.05) is 26.1 Å². The Bertz CT molecular complexity index is 507. The zero-order chi connectivity index (χ0) is 15.9. The van der Waals surface area contributed by atoms with Crippen LogP contribution >= 0.6 is 0 Å². The van der Waals surface area contributed by atoms with E-state index in [0.717, 1.165) is 5.75 Å². The number of likely N-dealkylation sites (N-methyl/N-ethyl adjacent to an activating group) is 1. The summed E-state index contributed by atoms with van der Waals surface area (Å²) in [5, 5.41) is 2.59. The van der Waals surface area contributed by atoms with Gasteiger partial charge < -0.3 is 20.7 Å². The first-order valence-electron chi connectivity index (χ1n) is 7.56. The molecule has 120 valence electrons. The van der Waals surface area contributed by atoms with Gasteiger partial charge in [0.05, 0.1) is 6.61 Å². The molecule has 1 aromatic carbocycles. The second-order valence-electron chi connectivity index (χ2n) is 5.44. The van der Waals surface area contributed by atoms with Gasteiger partial charge in [0.25, 0.3) is 0 Å². The van der Waals surface area contributed by atoms with Gasteiger partial charge in [-0.15, -0.1) is 0 Å². The van der Waals surface area contributed by atoms with E-state index in [2.05, 4.69) is 5.32 Å². The molecule has 6 nitrogen and oxygen atoms in total. The van der Waals surface area contributed by atoms with E-state index in [1.807, 2.05) is 30.3 Å². The zero-order valence-corrected chi connectivity index (χ0v) is 12.8. The molecule has 2 amide bonds. The van der Waals surface area contributed by atoms with Gasteiger partial charge in [-0.2, -0.15) is 0 Å². The molecule has 1 aromatic rings. The Kier molecular flexibility index (Phi) is 5.77. The maximum Gasteiger partial charge on any atom is 0.242 e. The lowest BCUT2D eigenvalue weighted by Crippen LogP contribution is -2.45. The number of hydrogen-bond acceptors (Lipinski definition) is 4. The molecule has 1 saturated heterocycles. The van der Waals surface area contributed by atoms with Gasteiger partial charge in [0.1, 0.15) is 11.8 Å². The number of nitrogens with zero attached hydrogens (tertiary/aromatic N) is 1. The Morgan fingerprint density at radius 1 is 1.36 bits per heavy atom. The summed E-state index contributed by atoms with van der Waals surface area (Å²) in [5.74, 6) is 0.599. The third-order valence-corrected chi connectivity index (χ3v) is 3.75. The molecule has 22 heavy (non-hydrogen) atoms. The van der Waals surface area contributed by atoms with E-state index in [1.165, 1.54) is 0 Å². The van der Waals surface area contributed by atoms with Crippen molar-refractivity contribution in [1.82, 2.24) is 10.2 Å². The van der Waals surface area contributed by atoms with Gasteiger partial charge in [-0.1, -0.05) is 18.2 Å². The number of hydrogen-bond donors (Lipinski definition) is 2. The predicted octanol–water partition coefficient (Wildman–Crippen LogP) is 0.520. The van der Waals surface area contributed by atoms with Gasteiger partial charge >= 0.3 is 0 Å². The fourth-order valence-corrected chi connectivity index (χ4v) is 2.63. The number of carbonyl (C=O) groups is 2. The van der Waals surface area contributed by atoms with E-state index < -0.39 is 6.04 Å². The Morgan fingerprint density at radius 2 is 2.09 bits per heavy atom. The summed E-state index contributed by atoms with van der Waals surface area (Å²) in [6.45, 7) is 0.913. The molecule has 0 aliphatic carbocycles. The second kappa shape index (κ2) is 7.79. The summed E-state index contributed by atoms with van der Waals surface area (Å²) in [6, 6.07) is 8.91. The zero-order valence-electron chi connectivity index (χ0n) is 12.8. The summed E-state index contributed by atoms with van der Waals surface area (Å²) in [6.07, 6.45) is 1.49. The van der Waals surface area contributed by atoms with E-state index in [9.17, 15) is 9.59 Å². The van der Waals surface area contributed by atoms with Crippen LogP contribution < -0.4 is 15.8 Å². The maximum absolute atomic E-state index is 12.3. The van der Waals surface area contributed by atoms with Crippen LogP contribution in [0.1, 0.15) is 19.3 Å². The molecule has 1 heterocycles. The predicted molar refractivity (Wildman–Crippen MR) is 83.3 cm³/mol. The number of amides is 2. The van der Waals surface area contributed by atoms with Crippen molar-refractivity contribution in [2.24, 2.45) is 5.73 Å². The summed E-state index contributed by atoms with van der Waals surface area (Å²) in [5.41, 5.74) is 5.88. The van der Waals surface area contributed by atoms with E-state index in [0.29, 0.717) is 32.4 Å². The lowest BCUT2D eigenvalue weighted by Gasteiger charge is -2.23. The molecule has 1 aliphatic heterocycles. The lowest BCUT2D eigenvalue weighted by atomic mass is 10.1. The van der Waals surface area contributed by atoms with Crippen LogP contribution in [0.2, 0.25) is 0 Å². The number of ether oxygens (including phenoxy) is 1. The number of nitrogens with two attached hydrogens (primary N) is 1. The van der Waals surface area contributed by atoms with E-state index in [4.69, 9.17) is 10.5 Å². The molecule has 0 bridgehead atoms. The molecule has 0 unspecified atom stereocenters. The Balaban J connectivity index is 1.77. The van der Waals surface area contributed by atoms with Crippen LogP contribution in [0.15, 0.2) is 30.3 Å². The Morgan fingerprint density at radius 3 is 2.77 bits per heavy atom. The first-order valence-corrected chi connectivity index (χ1v) is 7.56. The molecule has 6 heteroatoms. The number of nitrogens with one attached hydrogen (secondary N) is 1. The quantitative estimate of drug-likeness (QED) is 0.750. The second-order valence-corrected chi connectivity index (χ2v) is 5.44. The van der Waals surface area contributed by atoms with Crippen LogP contribution in [0.25, 0.3) is 0 Å². The molecule has 3 N–H and O–H groups in total. The summed E-state index contributed by atoms with van der Waals surface area (Å²) >= 11 is 0. The van der Waals surface area contributed by atoms with Crippen LogP contribution in [0.3, 0.4) is 0 Å². The van der Waals surface area contributed by atoms with Crippen molar-refractivity contribution in [3.8, 4) is 5.75 Å². The molecular formula is C16H23N3O3. The molecule has 0 saturated carbocycles. The first-order chi connectivity index (χ1) is 10.6. The summed E-state index contributed by atoms with van der Waals surface area (Å²) in [4.78, 5) is 25.7. The number of para-hydroxylation sites is 1. The largest absolute Gasteiger partial charge is 0.494 e. The normalized spacial score (nSPS) is 20.7. The van der Waals surface area contributed by atoms with Gasteiger partial charge in [-0.05, 0) is 25.0 Å². The average molecular weight is 305 g/mol. The van der Waals surface area contributed by atoms with Crippen molar-refractivity contribution < 1.29 is 14.3 Å². The topological polar surface area (TPSA) is 84.7 Å². The fraction of sp³-hybridized carbons (Fsp3) is 0.500. The molecule has 2 rings (SSSR count). The number of benzene rings is 1. The van der Waals surface area contributed by atoms with Crippen LogP contribution in [0.5, 0.6) is 5.75 Å². The van der Waals surface area contributed by atoms with Crippen molar-refractivity contribution in [2.75, 3.05) is 20.2 Å². The molecule has 2 atom stereocenters. The third kappa shape index (κ3) is 4.21. The van der Waals surface area contributed by atoms with E-state index >= 15 is 0 Å². The maximum atomic E-state index is 12.3. The number of carbonyl (C=O) groups excluding carboxylic acids is 2.